The van der Waals surface area contributed by atoms with Crippen molar-refractivity contribution in [3.8, 4) is 0 Å². The van der Waals surface area contributed by atoms with Gasteiger partial charge in [0.15, 0.2) is 0 Å². The molecule has 1 aliphatic rings. The summed E-state index contributed by atoms with van der Waals surface area (Å²) < 4.78 is 0. The molecule has 0 aromatic rings. The molecular formula is C12H23NO2. The monoisotopic (exact) mass is 213 g/mol. The maximum absolute atomic E-state index is 10.6. The number of nitrogens with zero attached hydrogens (tertiary/aromatic N) is 1. The molecule has 0 heterocycles. The molecule has 0 saturated heterocycles. The summed E-state index contributed by atoms with van der Waals surface area (Å²) >= 11 is 0. The van der Waals surface area contributed by atoms with E-state index < -0.39 is 5.97 Å². The summed E-state index contributed by atoms with van der Waals surface area (Å²) in [5, 5.41) is 8.72. The van der Waals surface area contributed by atoms with Gasteiger partial charge in [0, 0.05) is 18.6 Å². The Labute approximate surface area is 92.5 Å². The normalized spacial score (nSPS) is 20.3. The first-order chi connectivity index (χ1) is 7.06. The van der Waals surface area contributed by atoms with E-state index in [0.29, 0.717) is 24.5 Å². The minimum atomic E-state index is -0.683. The molecule has 88 valence electrons. The van der Waals surface area contributed by atoms with Gasteiger partial charge in [-0.15, -0.1) is 0 Å². The van der Waals surface area contributed by atoms with Crippen molar-refractivity contribution >= 4 is 5.97 Å². The average molecular weight is 213 g/mol. The standard InChI is InChI=1S/C12H23NO2/c1-4-9(2)10(3)13(11-5-6-11)8-7-12(14)15/h9-11H,4-8H2,1-3H3,(H,14,15). The van der Waals surface area contributed by atoms with E-state index in [-0.39, 0.29) is 6.42 Å². The molecule has 0 radical (unpaired) electrons. The van der Waals surface area contributed by atoms with Gasteiger partial charge in [0.2, 0.25) is 0 Å². The SMILES string of the molecule is CCC(C)C(C)N(CCC(=O)O)C1CC1. The molecule has 0 aromatic carbocycles. The maximum Gasteiger partial charge on any atom is 0.304 e. The number of hydrogen-bond donors (Lipinski definition) is 1. The smallest absolute Gasteiger partial charge is 0.304 e. The average Bonchev–Trinajstić information content (AvgIpc) is 3.00. The van der Waals surface area contributed by atoms with E-state index in [0.717, 1.165) is 6.42 Å². The molecule has 0 bridgehead atoms. The molecule has 0 amide bonds. The number of rotatable bonds is 7. The predicted octanol–water partition coefficient (Wildman–Crippen LogP) is 2.36. The second-order valence-corrected chi connectivity index (χ2v) is 4.74. The molecule has 1 rings (SSSR count). The summed E-state index contributed by atoms with van der Waals surface area (Å²) in [7, 11) is 0. The third kappa shape index (κ3) is 3.82. The van der Waals surface area contributed by atoms with Gasteiger partial charge in [-0.2, -0.15) is 0 Å². The van der Waals surface area contributed by atoms with Crippen molar-refractivity contribution in [2.24, 2.45) is 5.92 Å². The molecule has 0 aliphatic heterocycles. The summed E-state index contributed by atoms with van der Waals surface area (Å²) in [4.78, 5) is 13.0. The number of carboxylic acid groups (broad SMARTS) is 1. The molecule has 1 N–H and O–H groups in total. The van der Waals surface area contributed by atoms with Gasteiger partial charge in [-0.05, 0) is 25.7 Å². The van der Waals surface area contributed by atoms with Crippen LogP contribution in [-0.4, -0.2) is 34.6 Å². The first-order valence-electron chi connectivity index (χ1n) is 6.03. The number of aliphatic carboxylic acids is 1. The van der Waals surface area contributed by atoms with Crippen LogP contribution in [0.25, 0.3) is 0 Å². The highest BCUT2D eigenvalue weighted by atomic mass is 16.4. The molecule has 1 saturated carbocycles. The van der Waals surface area contributed by atoms with Crippen molar-refractivity contribution in [2.75, 3.05) is 6.54 Å². The van der Waals surface area contributed by atoms with Crippen molar-refractivity contribution in [2.45, 2.75) is 58.5 Å². The van der Waals surface area contributed by atoms with Crippen LogP contribution < -0.4 is 0 Å². The Hall–Kier alpha value is -0.570. The summed E-state index contributed by atoms with van der Waals surface area (Å²) in [5.74, 6) is -0.0311. The highest BCUT2D eigenvalue weighted by molar-refractivity contribution is 5.66. The van der Waals surface area contributed by atoms with Crippen LogP contribution in [0, 0.1) is 5.92 Å². The van der Waals surface area contributed by atoms with Gasteiger partial charge in [-0.3, -0.25) is 9.69 Å². The first-order valence-corrected chi connectivity index (χ1v) is 6.03. The highest BCUT2D eigenvalue weighted by Crippen LogP contribution is 2.31. The van der Waals surface area contributed by atoms with Gasteiger partial charge >= 0.3 is 5.97 Å². The second-order valence-electron chi connectivity index (χ2n) is 4.74. The summed E-state index contributed by atoms with van der Waals surface area (Å²) in [6.07, 6.45) is 3.94. The third-order valence-corrected chi connectivity index (χ3v) is 3.59. The minimum absolute atomic E-state index is 0.275. The van der Waals surface area contributed by atoms with Crippen molar-refractivity contribution < 1.29 is 9.90 Å². The maximum atomic E-state index is 10.6. The van der Waals surface area contributed by atoms with E-state index in [1.165, 1.54) is 12.8 Å². The zero-order chi connectivity index (χ0) is 11.4. The van der Waals surface area contributed by atoms with Gasteiger partial charge in [-0.1, -0.05) is 20.3 Å². The number of carbonyl (C=O) groups is 1. The Morgan fingerprint density at radius 1 is 1.47 bits per heavy atom. The van der Waals surface area contributed by atoms with E-state index in [1.807, 2.05) is 0 Å². The van der Waals surface area contributed by atoms with E-state index >= 15 is 0 Å². The predicted molar refractivity (Wildman–Crippen MR) is 60.9 cm³/mol. The Bertz CT molecular complexity index is 214. The fourth-order valence-electron chi connectivity index (χ4n) is 2.02. The molecule has 0 aromatic heterocycles. The van der Waals surface area contributed by atoms with Crippen molar-refractivity contribution in [3.63, 3.8) is 0 Å². The summed E-state index contributed by atoms with van der Waals surface area (Å²) in [5.41, 5.74) is 0. The zero-order valence-electron chi connectivity index (χ0n) is 10.1. The fraction of sp³-hybridized carbons (Fsp3) is 0.917. The molecule has 1 aliphatic carbocycles. The molecule has 15 heavy (non-hydrogen) atoms. The van der Waals surface area contributed by atoms with Crippen LogP contribution in [0.3, 0.4) is 0 Å². The van der Waals surface area contributed by atoms with Gasteiger partial charge in [-0.25, -0.2) is 0 Å². The van der Waals surface area contributed by atoms with Crippen LogP contribution in [0.15, 0.2) is 0 Å². The largest absolute Gasteiger partial charge is 0.481 e. The van der Waals surface area contributed by atoms with Gasteiger partial charge in [0.1, 0.15) is 0 Å². The van der Waals surface area contributed by atoms with Crippen LogP contribution in [0.2, 0.25) is 0 Å². The minimum Gasteiger partial charge on any atom is -0.481 e. The lowest BCUT2D eigenvalue weighted by Crippen LogP contribution is -2.40. The molecule has 2 atom stereocenters. The van der Waals surface area contributed by atoms with Crippen molar-refractivity contribution in [1.82, 2.24) is 4.90 Å². The third-order valence-electron chi connectivity index (χ3n) is 3.59. The summed E-state index contributed by atoms with van der Waals surface area (Å²) in [6.45, 7) is 7.39. The lowest BCUT2D eigenvalue weighted by molar-refractivity contribution is -0.137. The van der Waals surface area contributed by atoms with Gasteiger partial charge in [0.25, 0.3) is 0 Å². The Balaban J connectivity index is 2.45. The molecule has 1 fully saturated rings. The van der Waals surface area contributed by atoms with E-state index in [1.54, 1.807) is 0 Å². The van der Waals surface area contributed by atoms with E-state index in [2.05, 4.69) is 25.7 Å². The topological polar surface area (TPSA) is 40.5 Å². The van der Waals surface area contributed by atoms with Crippen LogP contribution in [-0.2, 0) is 4.79 Å². The first kappa shape index (κ1) is 12.5. The molecule has 0 spiro atoms. The van der Waals surface area contributed by atoms with Gasteiger partial charge in [0.05, 0.1) is 6.42 Å². The zero-order valence-corrected chi connectivity index (χ0v) is 10.1. The highest BCUT2D eigenvalue weighted by Gasteiger charge is 2.33. The van der Waals surface area contributed by atoms with Crippen LogP contribution in [0.1, 0.15) is 46.5 Å². The van der Waals surface area contributed by atoms with Crippen molar-refractivity contribution in [3.05, 3.63) is 0 Å². The van der Waals surface area contributed by atoms with Crippen molar-refractivity contribution in [1.29, 1.82) is 0 Å². The lowest BCUT2D eigenvalue weighted by Gasteiger charge is -2.32. The Morgan fingerprint density at radius 2 is 2.07 bits per heavy atom. The number of hydrogen-bond acceptors (Lipinski definition) is 2. The quantitative estimate of drug-likeness (QED) is 0.705. The van der Waals surface area contributed by atoms with Gasteiger partial charge < -0.3 is 5.11 Å². The molecular weight excluding hydrogens is 190 g/mol. The van der Waals surface area contributed by atoms with E-state index in [4.69, 9.17) is 5.11 Å². The molecule has 3 nitrogen and oxygen atoms in total. The Kier molecular flexibility index (Phi) is 4.58. The summed E-state index contributed by atoms with van der Waals surface area (Å²) in [6, 6.07) is 1.18. The van der Waals surface area contributed by atoms with Crippen LogP contribution >= 0.6 is 0 Å². The molecule has 2 unspecified atom stereocenters. The number of carboxylic acids is 1. The fourth-order valence-corrected chi connectivity index (χ4v) is 2.02. The second kappa shape index (κ2) is 5.50. The lowest BCUT2D eigenvalue weighted by atomic mass is 9.99. The van der Waals surface area contributed by atoms with E-state index in [9.17, 15) is 4.79 Å². The van der Waals surface area contributed by atoms with Crippen LogP contribution in [0.5, 0.6) is 0 Å². The molecule has 3 heteroatoms. The Morgan fingerprint density at radius 3 is 2.47 bits per heavy atom. The van der Waals surface area contributed by atoms with Crippen LogP contribution in [0.4, 0.5) is 0 Å².